The van der Waals surface area contributed by atoms with E-state index < -0.39 is 0 Å². The fourth-order valence-corrected chi connectivity index (χ4v) is 3.80. The monoisotopic (exact) mass is 398 g/mol. The van der Waals surface area contributed by atoms with E-state index in [4.69, 9.17) is 0 Å². The molecule has 0 aliphatic carbocycles. The highest BCUT2D eigenvalue weighted by molar-refractivity contribution is 5.91. The molecule has 4 rings (SSSR count). The predicted octanol–water partition coefficient (Wildman–Crippen LogP) is 4.95. The van der Waals surface area contributed by atoms with Crippen LogP contribution in [0.4, 0.5) is 11.6 Å². The van der Waals surface area contributed by atoms with E-state index in [-0.39, 0.29) is 5.91 Å². The van der Waals surface area contributed by atoms with E-state index in [1.165, 1.54) is 5.56 Å². The number of hydrogen-bond acceptors (Lipinski definition) is 4. The van der Waals surface area contributed by atoms with Crippen molar-refractivity contribution in [2.75, 3.05) is 18.4 Å². The maximum absolute atomic E-state index is 12.7. The Balaban J connectivity index is 1.43. The molecule has 1 aliphatic heterocycles. The molecule has 5 nitrogen and oxygen atoms in total. The minimum atomic E-state index is 0.0694. The Bertz CT molecular complexity index is 1030. The van der Waals surface area contributed by atoms with E-state index in [1.807, 2.05) is 78.7 Å². The van der Waals surface area contributed by atoms with Crippen LogP contribution >= 0.6 is 0 Å². The minimum absolute atomic E-state index is 0.0694. The van der Waals surface area contributed by atoms with E-state index >= 15 is 0 Å². The maximum Gasteiger partial charge on any atom is 0.246 e. The van der Waals surface area contributed by atoms with E-state index in [2.05, 4.69) is 21.4 Å². The Labute approximate surface area is 177 Å². The second kappa shape index (κ2) is 9.35. The first-order chi connectivity index (χ1) is 14.7. The van der Waals surface area contributed by atoms with Gasteiger partial charge in [-0.15, -0.1) is 0 Å². The Hall–Kier alpha value is -3.47. The molecule has 1 N–H and O–H groups in total. The normalized spacial score (nSPS) is 16.6. The first-order valence-electron chi connectivity index (χ1n) is 10.4. The van der Waals surface area contributed by atoms with Gasteiger partial charge in [0, 0.05) is 37.0 Å². The van der Waals surface area contributed by atoms with Gasteiger partial charge in [0.05, 0.1) is 0 Å². The maximum atomic E-state index is 12.7. The Morgan fingerprint density at radius 3 is 2.80 bits per heavy atom. The number of aromatic nitrogens is 2. The van der Waals surface area contributed by atoms with Crippen LogP contribution in [0, 0.1) is 6.92 Å². The summed E-state index contributed by atoms with van der Waals surface area (Å²) in [5.74, 6) is 1.94. The van der Waals surface area contributed by atoms with Crippen LogP contribution in [0.15, 0.2) is 72.9 Å². The molecule has 0 saturated carbocycles. The molecular weight excluding hydrogens is 372 g/mol. The van der Waals surface area contributed by atoms with Crippen molar-refractivity contribution in [1.29, 1.82) is 0 Å². The number of anilines is 2. The zero-order valence-electron chi connectivity index (χ0n) is 17.2. The highest BCUT2D eigenvalue weighted by Gasteiger charge is 2.24. The Morgan fingerprint density at radius 1 is 1.10 bits per heavy atom. The van der Waals surface area contributed by atoms with Gasteiger partial charge in [0.2, 0.25) is 5.91 Å². The van der Waals surface area contributed by atoms with Crippen LogP contribution in [0.3, 0.4) is 0 Å². The molecule has 5 heteroatoms. The fourth-order valence-electron chi connectivity index (χ4n) is 3.80. The second-order valence-corrected chi connectivity index (χ2v) is 7.63. The molecule has 0 bridgehead atoms. The lowest BCUT2D eigenvalue weighted by Gasteiger charge is -2.32. The van der Waals surface area contributed by atoms with Gasteiger partial charge >= 0.3 is 0 Å². The van der Waals surface area contributed by atoms with Crippen molar-refractivity contribution >= 4 is 23.6 Å². The van der Waals surface area contributed by atoms with Crippen LogP contribution in [0.5, 0.6) is 0 Å². The molecule has 152 valence electrons. The minimum Gasteiger partial charge on any atom is -0.339 e. The fraction of sp³-hybridized carbons (Fsp3) is 0.240. The molecule has 1 amide bonds. The van der Waals surface area contributed by atoms with Gasteiger partial charge in [0.25, 0.3) is 0 Å². The number of carbonyl (C=O) groups is 1. The number of nitrogens with zero attached hydrogens (tertiary/aromatic N) is 3. The van der Waals surface area contributed by atoms with E-state index in [0.29, 0.717) is 5.92 Å². The third-order valence-electron chi connectivity index (χ3n) is 5.35. The van der Waals surface area contributed by atoms with Gasteiger partial charge < -0.3 is 10.2 Å². The van der Waals surface area contributed by atoms with Gasteiger partial charge in [0.15, 0.2) is 0 Å². The molecule has 30 heavy (non-hydrogen) atoms. The number of rotatable bonds is 5. The van der Waals surface area contributed by atoms with Crippen LogP contribution in [-0.2, 0) is 4.79 Å². The standard InChI is InChI=1S/C25H26N4O/c1-19-7-5-11-23(27-19)28-24-17-21(14-15-26-24)22-10-6-16-29(18-22)25(30)13-12-20-8-3-2-4-9-20/h2-5,7-9,11-15,17,22H,6,10,16,18H2,1H3,(H,26,27,28)/b13-12+. The summed E-state index contributed by atoms with van der Waals surface area (Å²) in [6.45, 7) is 3.50. The number of aryl methyl sites for hydroxylation is 1. The lowest BCUT2D eigenvalue weighted by Crippen LogP contribution is -2.38. The number of pyridine rings is 2. The van der Waals surface area contributed by atoms with Crippen molar-refractivity contribution in [3.05, 3.63) is 89.8 Å². The van der Waals surface area contributed by atoms with Crippen LogP contribution in [0.1, 0.15) is 35.6 Å². The summed E-state index contributed by atoms with van der Waals surface area (Å²) in [6.07, 6.45) is 7.46. The molecule has 3 heterocycles. The molecular formula is C25H26N4O. The summed E-state index contributed by atoms with van der Waals surface area (Å²) in [6, 6.07) is 19.9. The summed E-state index contributed by atoms with van der Waals surface area (Å²) in [7, 11) is 0. The quantitative estimate of drug-likeness (QED) is 0.618. The third kappa shape index (κ3) is 5.11. The zero-order chi connectivity index (χ0) is 20.8. The molecule has 0 radical (unpaired) electrons. The summed E-state index contributed by atoms with van der Waals surface area (Å²) >= 11 is 0. The molecule has 0 spiro atoms. The van der Waals surface area contributed by atoms with E-state index in [1.54, 1.807) is 6.08 Å². The number of likely N-dealkylation sites (tertiary alicyclic amines) is 1. The number of hydrogen-bond donors (Lipinski definition) is 1. The Kier molecular flexibility index (Phi) is 6.18. The van der Waals surface area contributed by atoms with Crippen molar-refractivity contribution in [3.8, 4) is 0 Å². The highest BCUT2D eigenvalue weighted by Crippen LogP contribution is 2.28. The van der Waals surface area contributed by atoms with Crippen molar-refractivity contribution in [2.45, 2.75) is 25.7 Å². The molecule has 1 atom stereocenters. The number of amides is 1. The molecule has 1 aliphatic rings. The van der Waals surface area contributed by atoms with Gasteiger partial charge in [-0.05, 0) is 61.2 Å². The second-order valence-electron chi connectivity index (χ2n) is 7.63. The summed E-state index contributed by atoms with van der Waals surface area (Å²) < 4.78 is 0. The van der Waals surface area contributed by atoms with Crippen LogP contribution < -0.4 is 5.32 Å². The molecule has 1 aromatic carbocycles. The van der Waals surface area contributed by atoms with Gasteiger partial charge in [-0.1, -0.05) is 36.4 Å². The summed E-state index contributed by atoms with van der Waals surface area (Å²) in [4.78, 5) is 23.6. The highest BCUT2D eigenvalue weighted by atomic mass is 16.2. The van der Waals surface area contributed by atoms with Crippen molar-refractivity contribution in [3.63, 3.8) is 0 Å². The van der Waals surface area contributed by atoms with Crippen molar-refractivity contribution < 1.29 is 4.79 Å². The van der Waals surface area contributed by atoms with E-state index in [0.717, 1.165) is 48.8 Å². The molecule has 1 unspecified atom stereocenters. The van der Waals surface area contributed by atoms with Crippen molar-refractivity contribution in [2.24, 2.45) is 0 Å². The molecule has 2 aromatic heterocycles. The third-order valence-corrected chi connectivity index (χ3v) is 5.35. The lowest BCUT2D eigenvalue weighted by atomic mass is 9.91. The van der Waals surface area contributed by atoms with Crippen LogP contribution in [-0.4, -0.2) is 33.9 Å². The number of nitrogens with one attached hydrogen (secondary N) is 1. The average Bonchev–Trinajstić information content (AvgIpc) is 2.78. The number of carbonyl (C=O) groups excluding carboxylic acids is 1. The summed E-state index contributed by atoms with van der Waals surface area (Å²) in [5, 5.41) is 3.28. The SMILES string of the molecule is Cc1cccc(Nc2cc(C3CCCN(C(=O)/C=C/c4ccccc4)C3)ccn2)n1. The predicted molar refractivity (Wildman–Crippen MR) is 121 cm³/mol. The lowest BCUT2D eigenvalue weighted by molar-refractivity contribution is -0.127. The number of piperidine rings is 1. The summed E-state index contributed by atoms with van der Waals surface area (Å²) in [5.41, 5.74) is 3.19. The smallest absolute Gasteiger partial charge is 0.246 e. The van der Waals surface area contributed by atoms with Gasteiger partial charge in [-0.25, -0.2) is 9.97 Å². The topological polar surface area (TPSA) is 58.1 Å². The number of benzene rings is 1. The molecule has 1 saturated heterocycles. The van der Waals surface area contributed by atoms with Gasteiger partial charge in [0.1, 0.15) is 11.6 Å². The van der Waals surface area contributed by atoms with Crippen molar-refractivity contribution in [1.82, 2.24) is 14.9 Å². The molecule has 3 aromatic rings. The Morgan fingerprint density at radius 2 is 1.97 bits per heavy atom. The largest absolute Gasteiger partial charge is 0.339 e. The molecule has 1 fully saturated rings. The average molecular weight is 399 g/mol. The van der Waals surface area contributed by atoms with Crippen LogP contribution in [0.25, 0.3) is 6.08 Å². The zero-order valence-corrected chi connectivity index (χ0v) is 17.2. The van der Waals surface area contributed by atoms with Gasteiger partial charge in [-0.3, -0.25) is 4.79 Å². The van der Waals surface area contributed by atoms with E-state index in [9.17, 15) is 4.79 Å². The van der Waals surface area contributed by atoms with Crippen LogP contribution in [0.2, 0.25) is 0 Å². The first kappa shape index (κ1) is 19.8. The van der Waals surface area contributed by atoms with Gasteiger partial charge in [-0.2, -0.15) is 0 Å². The first-order valence-corrected chi connectivity index (χ1v) is 10.4.